The van der Waals surface area contributed by atoms with Crippen molar-refractivity contribution in [2.24, 2.45) is 7.05 Å². The maximum atomic E-state index is 6.51. The van der Waals surface area contributed by atoms with Crippen LogP contribution in [-0.4, -0.2) is 16.9 Å². The third-order valence-corrected chi connectivity index (χ3v) is 4.11. The van der Waals surface area contributed by atoms with Gasteiger partial charge in [0.2, 0.25) is 0 Å². The van der Waals surface area contributed by atoms with Crippen molar-refractivity contribution in [3.8, 4) is 11.3 Å². The highest BCUT2D eigenvalue weighted by molar-refractivity contribution is 6.30. The number of aryl methyl sites for hydroxylation is 1. The van der Waals surface area contributed by atoms with Crippen LogP contribution >= 0.6 is 11.6 Å². The molecule has 0 saturated heterocycles. The van der Waals surface area contributed by atoms with Gasteiger partial charge < -0.3 is 4.74 Å². The molecule has 3 rings (SSSR count). The predicted octanol–water partition coefficient (Wildman–Crippen LogP) is 4.48. The molecule has 112 valence electrons. The predicted molar refractivity (Wildman–Crippen MR) is 88.9 cm³/mol. The summed E-state index contributed by atoms with van der Waals surface area (Å²) < 4.78 is 7.43. The Kier molecular flexibility index (Phi) is 4.27. The lowest BCUT2D eigenvalue weighted by Gasteiger charge is -2.16. The van der Waals surface area contributed by atoms with E-state index in [1.54, 1.807) is 11.8 Å². The van der Waals surface area contributed by atoms with E-state index in [2.05, 4.69) is 5.10 Å². The molecule has 0 aliphatic carbocycles. The first-order valence-corrected chi connectivity index (χ1v) is 7.45. The van der Waals surface area contributed by atoms with Crippen LogP contribution < -0.4 is 0 Å². The second-order valence-corrected chi connectivity index (χ2v) is 5.43. The fraction of sp³-hybridized carbons (Fsp3) is 0.167. The van der Waals surface area contributed by atoms with Crippen molar-refractivity contribution in [1.29, 1.82) is 0 Å². The van der Waals surface area contributed by atoms with Gasteiger partial charge in [0.25, 0.3) is 0 Å². The van der Waals surface area contributed by atoms with Crippen LogP contribution in [0.25, 0.3) is 11.3 Å². The Morgan fingerprint density at radius 2 is 1.59 bits per heavy atom. The number of hydrogen-bond donors (Lipinski definition) is 0. The van der Waals surface area contributed by atoms with Gasteiger partial charge in [-0.15, -0.1) is 0 Å². The molecule has 0 fully saturated rings. The molecule has 0 saturated carbocycles. The number of ether oxygens (including phenoxy) is 1. The van der Waals surface area contributed by atoms with Crippen molar-refractivity contribution in [1.82, 2.24) is 9.78 Å². The summed E-state index contributed by atoms with van der Waals surface area (Å²) in [5.74, 6) is 0. The van der Waals surface area contributed by atoms with Crippen LogP contribution in [0, 0.1) is 0 Å². The molecule has 0 aliphatic heterocycles. The zero-order chi connectivity index (χ0) is 15.5. The van der Waals surface area contributed by atoms with E-state index in [0.717, 1.165) is 22.4 Å². The Hall–Kier alpha value is -2.10. The molecule has 4 heteroatoms. The third-order valence-electron chi connectivity index (χ3n) is 3.66. The van der Waals surface area contributed by atoms with Crippen molar-refractivity contribution in [3.63, 3.8) is 0 Å². The quantitative estimate of drug-likeness (QED) is 0.710. The fourth-order valence-electron chi connectivity index (χ4n) is 2.61. The summed E-state index contributed by atoms with van der Waals surface area (Å²) in [5.41, 5.74) is 3.82. The smallest absolute Gasteiger partial charge is 0.133 e. The van der Waals surface area contributed by atoms with E-state index in [1.165, 1.54) is 0 Å². The number of hydrogen-bond acceptors (Lipinski definition) is 2. The fourth-order valence-corrected chi connectivity index (χ4v) is 2.84. The lowest BCUT2D eigenvalue weighted by Crippen LogP contribution is -2.05. The van der Waals surface area contributed by atoms with Crippen molar-refractivity contribution in [2.45, 2.75) is 6.10 Å². The molecule has 0 unspecified atom stereocenters. The molecule has 3 aromatic rings. The maximum absolute atomic E-state index is 6.51. The topological polar surface area (TPSA) is 27.1 Å². The van der Waals surface area contributed by atoms with E-state index < -0.39 is 0 Å². The Morgan fingerprint density at radius 1 is 1.00 bits per heavy atom. The van der Waals surface area contributed by atoms with Crippen LogP contribution in [0.3, 0.4) is 0 Å². The number of halogens is 1. The van der Waals surface area contributed by atoms with Gasteiger partial charge in [0.15, 0.2) is 0 Å². The number of aromatic nitrogens is 2. The standard InChI is InChI=1S/C18H17ClN2O/c1-21-18(19)15(16(20-21)13-9-5-3-6-10-13)17(22-2)14-11-7-4-8-12-14/h3-12,17H,1-2H3/t17-/m1/s1. The van der Waals surface area contributed by atoms with E-state index in [9.17, 15) is 0 Å². The molecule has 22 heavy (non-hydrogen) atoms. The van der Waals surface area contributed by atoms with Crippen LogP contribution in [0.2, 0.25) is 5.15 Å². The molecule has 0 bridgehead atoms. The Morgan fingerprint density at radius 3 is 2.18 bits per heavy atom. The summed E-state index contributed by atoms with van der Waals surface area (Å²) in [6.45, 7) is 0. The zero-order valence-corrected chi connectivity index (χ0v) is 13.3. The summed E-state index contributed by atoms with van der Waals surface area (Å²) in [4.78, 5) is 0. The number of rotatable bonds is 4. The lowest BCUT2D eigenvalue weighted by atomic mass is 9.98. The van der Waals surface area contributed by atoms with Gasteiger partial charge >= 0.3 is 0 Å². The number of nitrogens with zero attached hydrogens (tertiary/aromatic N) is 2. The van der Waals surface area contributed by atoms with Crippen LogP contribution in [0.1, 0.15) is 17.2 Å². The average Bonchev–Trinajstić information content (AvgIpc) is 2.86. The molecule has 0 radical (unpaired) electrons. The van der Waals surface area contributed by atoms with Crippen LogP contribution in [0.5, 0.6) is 0 Å². The molecular formula is C18H17ClN2O. The molecule has 0 N–H and O–H groups in total. The molecule has 1 heterocycles. The molecule has 2 aromatic carbocycles. The monoisotopic (exact) mass is 312 g/mol. The van der Waals surface area contributed by atoms with Crippen molar-refractivity contribution < 1.29 is 4.74 Å². The second kappa shape index (κ2) is 6.34. The Balaban J connectivity index is 2.17. The van der Waals surface area contributed by atoms with Crippen molar-refractivity contribution in [3.05, 3.63) is 76.9 Å². The van der Waals surface area contributed by atoms with Gasteiger partial charge in [-0.05, 0) is 5.56 Å². The normalized spacial score (nSPS) is 12.3. The molecule has 1 aromatic heterocycles. The number of methoxy groups -OCH3 is 1. The minimum atomic E-state index is -0.252. The highest BCUT2D eigenvalue weighted by Crippen LogP contribution is 2.37. The first-order chi connectivity index (χ1) is 10.7. The van der Waals surface area contributed by atoms with Crippen LogP contribution in [0.15, 0.2) is 60.7 Å². The van der Waals surface area contributed by atoms with Gasteiger partial charge in [0.05, 0.1) is 5.56 Å². The Labute approximate surface area is 135 Å². The number of benzene rings is 2. The van der Waals surface area contributed by atoms with Gasteiger partial charge in [-0.1, -0.05) is 72.3 Å². The lowest BCUT2D eigenvalue weighted by molar-refractivity contribution is 0.137. The zero-order valence-electron chi connectivity index (χ0n) is 12.5. The van der Waals surface area contributed by atoms with Crippen molar-refractivity contribution >= 4 is 11.6 Å². The molecule has 0 spiro atoms. The van der Waals surface area contributed by atoms with Gasteiger partial charge in [-0.2, -0.15) is 5.10 Å². The van der Waals surface area contributed by atoms with Gasteiger partial charge in [-0.3, -0.25) is 4.68 Å². The molecular weight excluding hydrogens is 296 g/mol. The van der Waals surface area contributed by atoms with Gasteiger partial charge in [-0.25, -0.2) is 0 Å². The second-order valence-electron chi connectivity index (χ2n) is 5.07. The van der Waals surface area contributed by atoms with E-state index in [4.69, 9.17) is 16.3 Å². The summed E-state index contributed by atoms with van der Waals surface area (Å²) in [6.07, 6.45) is -0.252. The summed E-state index contributed by atoms with van der Waals surface area (Å²) in [6, 6.07) is 20.1. The third kappa shape index (κ3) is 2.65. The molecule has 0 amide bonds. The summed E-state index contributed by atoms with van der Waals surface area (Å²) >= 11 is 6.51. The van der Waals surface area contributed by atoms with E-state index in [0.29, 0.717) is 5.15 Å². The van der Waals surface area contributed by atoms with Crippen LogP contribution in [-0.2, 0) is 11.8 Å². The van der Waals surface area contributed by atoms with Crippen LogP contribution in [0.4, 0.5) is 0 Å². The molecule has 0 aliphatic rings. The van der Waals surface area contributed by atoms with E-state index >= 15 is 0 Å². The average molecular weight is 313 g/mol. The summed E-state index contributed by atoms with van der Waals surface area (Å²) in [5, 5.41) is 5.17. The first kappa shape index (κ1) is 14.8. The van der Waals surface area contributed by atoms with E-state index in [1.807, 2.05) is 67.7 Å². The highest BCUT2D eigenvalue weighted by atomic mass is 35.5. The minimum absolute atomic E-state index is 0.252. The highest BCUT2D eigenvalue weighted by Gasteiger charge is 2.25. The Bertz CT molecular complexity index is 754. The largest absolute Gasteiger partial charge is 0.372 e. The maximum Gasteiger partial charge on any atom is 0.133 e. The van der Waals surface area contributed by atoms with E-state index in [-0.39, 0.29) is 6.10 Å². The first-order valence-electron chi connectivity index (χ1n) is 7.08. The molecule has 1 atom stereocenters. The minimum Gasteiger partial charge on any atom is -0.372 e. The SMILES string of the molecule is CO[C@H](c1ccccc1)c1c(-c2ccccc2)nn(C)c1Cl. The summed E-state index contributed by atoms with van der Waals surface area (Å²) in [7, 11) is 3.53. The van der Waals surface area contributed by atoms with Gasteiger partial charge in [0.1, 0.15) is 17.0 Å². The van der Waals surface area contributed by atoms with Crippen molar-refractivity contribution in [2.75, 3.05) is 7.11 Å². The van der Waals surface area contributed by atoms with Gasteiger partial charge in [0, 0.05) is 19.7 Å². The molecule has 3 nitrogen and oxygen atoms in total.